The number of hydrogen-bond acceptors (Lipinski definition) is 5. The molecule has 2 aromatic carbocycles. The second-order valence-corrected chi connectivity index (χ2v) is 14.1. The predicted octanol–water partition coefficient (Wildman–Crippen LogP) is 6.15. The molecule has 2 atom stereocenters. The summed E-state index contributed by atoms with van der Waals surface area (Å²) in [5.41, 5.74) is -8.45. The maximum Gasteiger partial charge on any atom is 0.435 e. The van der Waals surface area contributed by atoms with Crippen molar-refractivity contribution in [3.8, 4) is 0 Å². The molecule has 3 aliphatic rings. The van der Waals surface area contributed by atoms with Crippen LogP contribution < -0.4 is 0 Å². The molecule has 46 heavy (non-hydrogen) atoms. The van der Waals surface area contributed by atoms with Crippen molar-refractivity contribution in [1.29, 1.82) is 0 Å². The molecule has 5 rings (SSSR count). The smallest absolute Gasteiger partial charge is 0.435 e. The molecular weight excluding hydrogens is 647 g/mol. The zero-order valence-electron chi connectivity index (χ0n) is 24.8. The van der Waals surface area contributed by atoms with E-state index in [0.717, 1.165) is 18.1 Å². The molecule has 1 heterocycles. The maximum atomic E-state index is 15.0. The fourth-order valence-electron chi connectivity index (χ4n) is 7.21. The van der Waals surface area contributed by atoms with Gasteiger partial charge in [-0.25, -0.2) is 12.8 Å². The molecule has 254 valence electrons. The van der Waals surface area contributed by atoms with Gasteiger partial charge < -0.3 is 15.1 Å². The fraction of sp³-hybridized carbons (Fsp3) is 0.548. The van der Waals surface area contributed by atoms with Crippen molar-refractivity contribution >= 4 is 22.2 Å². The summed E-state index contributed by atoms with van der Waals surface area (Å²) in [4.78, 5) is 23.3. The van der Waals surface area contributed by atoms with Crippen molar-refractivity contribution in [2.24, 2.45) is 0 Å². The summed E-state index contributed by atoms with van der Waals surface area (Å²) >= 11 is 0. The van der Waals surface area contributed by atoms with Crippen LogP contribution in [0, 0.1) is 0 Å². The Balaban J connectivity index is 0.00000154. The first-order valence-corrected chi connectivity index (χ1v) is 16.2. The summed E-state index contributed by atoms with van der Waals surface area (Å²) in [5.74, 6) is -0.632. The van der Waals surface area contributed by atoms with Crippen molar-refractivity contribution in [2.45, 2.75) is 104 Å². The molecule has 15 heteroatoms. The number of hydrogen-bond donors (Lipinski definition) is 2. The lowest BCUT2D eigenvalue weighted by atomic mass is 9.76. The van der Waals surface area contributed by atoms with Crippen molar-refractivity contribution < 1.29 is 59.0 Å². The van der Waals surface area contributed by atoms with Gasteiger partial charge in [0.15, 0.2) is 9.84 Å². The Bertz CT molecular complexity index is 1540. The lowest BCUT2D eigenvalue weighted by molar-refractivity contribution is -0.348. The van der Waals surface area contributed by atoms with Gasteiger partial charge in [-0.3, -0.25) is 9.59 Å². The van der Waals surface area contributed by atoms with Gasteiger partial charge in [-0.15, -0.1) is 0 Å². The third kappa shape index (κ3) is 5.56. The van der Waals surface area contributed by atoms with Crippen molar-refractivity contribution in [3.05, 3.63) is 64.7 Å². The third-order valence-electron chi connectivity index (χ3n) is 9.53. The number of carbonyl (C=O) groups is 2. The zero-order chi connectivity index (χ0) is 34.3. The highest BCUT2D eigenvalue weighted by molar-refractivity contribution is 7.92. The SMILES string of the molecule is CCc1ccc(S(=O)(=O)C23CCN(C(=O)C4(O)CCCCC4)C2CCc2cc(C(F)(C(F)(F)F)C(F)(F)F)ccc23)cc1.O=CO. The van der Waals surface area contributed by atoms with E-state index in [1.54, 1.807) is 12.1 Å². The van der Waals surface area contributed by atoms with Crippen molar-refractivity contribution in [1.82, 2.24) is 4.90 Å². The molecule has 1 amide bonds. The molecule has 0 aromatic heterocycles. The van der Waals surface area contributed by atoms with Gasteiger partial charge >= 0.3 is 18.0 Å². The first-order chi connectivity index (χ1) is 21.4. The molecule has 0 spiro atoms. The Morgan fingerprint density at radius 3 is 2.04 bits per heavy atom. The second kappa shape index (κ2) is 12.4. The highest BCUT2D eigenvalue weighted by Crippen LogP contribution is 2.57. The summed E-state index contributed by atoms with van der Waals surface area (Å²) in [6.45, 7) is 1.52. The van der Waals surface area contributed by atoms with Gasteiger partial charge in [0, 0.05) is 12.1 Å². The standard InChI is InChI=1S/C30H32F7NO4S.CH2O2/c1-2-19-6-10-22(11-7-19)43(41,42)27-16-17-38(25(39)26(40)14-4-3-5-15-26)24(27)13-8-20-18-21(9-12-23(20)27)28(31,29(32,33)34)30(35,36)37;2-1-3/h6-7,9-12,18,24,40H,2-5,8,13-17H2,1H3;1H,(H,2,3). The normalized spacial score (nSPS) is 23.1. The molecule has 2 aromatic rings. The Labute approximate surface area is 261 Å². The van der Waals surface area contributed by atoms with Gasteiger partial charge in [0.05, 0.1) is 10.9 Å². The molecule has 2 fully saturated rings. The van der Waals surface area contributed by atoms with Crippen LogP contribution in [0.2, 0.25) is 0 Å². The number of benzene rings is 2. The first kappa shape index (κ1) is 35.7. The second-order valence-electron chi connectivity index (χ2n) is 11.9. The van der Waals surface area contributed by atoms with Gasteiger partial charge in [0.25, 0.3) is 12.4 Å². The number of aryl methyl sites for hydroxylation is 2. The van der Waals surface area contributed by atoms with Crippen molar-refractivity contribution in [2.75, 3.05) is 6.54 Å². The van der Waals surface area contributed by atoms with Gasteiger partial charge in [0.2, 0.25) is 0 Å². The van der Waals surface area contributed by atoms with Gasteiger partial charge in [0.1, 0.15) is 10.3 Å². The number of sulfone groups is 1. The molecule has 7 nitrogen and oxygen atoms in total. The highest BCUT2D eigenvalue weighted by Gasteiger charge is 2.74. The van der Waals surface area contributed by atoms with Crippen LogP contribution in [-0.4, -0.2) is 66.5 Å². The van der Waals surface area contributed by atoms with Gasteiger partial charge in [-0.1, -0.05) is 56.5 Å². The summed E-state index contributed by atoms with van der Waals surface area (Å²) in [6.07, 6.45) is -10.1. The van der Waals surface area contributed by atoms with Crippen LogP contribution in [0.4, 0.5) is 30.7 Å². The topological polar surface area (TPSA) is 112 Å². The average Bonchev–Trinajstić information content (AvgIpc) is 3.41. The number of halogens is 7. The Morgan fingerprint density at radius 2 is 1.52 bits per heavy atom. The number of amides is 1. The lowest BCUT2D eigenvalue weighted by Gasteiger charge is -2.44. The molecule has 0 radical (unpaired) electrons. The van der Waals surface area contributed by atoms with Crippen LogP contribution in [0.15, 0.2) is 47.4 Å². The maximum absolute atomic E-state index is 15.0. The minimum absolute atomic E-state index is 0.0651. The van der Waals surface area contributed by atoms with E-state index in [1.165, 1.54) is 17.0 Å². The number of carbonyl (C=O) groups excluding carboxylic acids is 1. The zero-order valence-corrected chi connectivity index (χ0v) is 25.6. The number of alkyl halides is 7. The van der Waals surface area contributed by atoms with Crippen molar-refractivity contribution in [3.63, 3.8) is 0 Å². The summed E-state index contributed by atoms with van der Waals surface area (Å²) in [5, 5.41) is 18.1. The Hall–Kier alpha value is -3.20. The lowest BCUT2D eigenvalue weighted by Crippen LogP contribution is -2.57. The van der Waals surface area contributed by atoms with Crippen LogP contribution in [0.3, 0.4) is 0 Å². The Morgan fingerprint density at radius 1 is 0.957 bits per heavy atom. The van der Waals surface area contributed by atoms with Crippen LogP contribution in [0.5, 0.6) is 0 Å². The van der Waals surface area contributed by atoms with Crippen LogP contribution in [0.25, 0.3) is 0 Å². The number of nitrogens with zero attached hydrogens (tertiary/aromatic N) is 1. The number of aliphatic hydroxyl groups is 1. The van der Waals surface area contributed by atoms with E-state index < -0.39 is 55.7 Å². The van der Waals surface area contributed by atoms with Crippen LogP contribution in [-0.2, 0) is 42.7 Å². The largest absolute Gasteiger partial charge is 0.483 e. The molecule has 0 bridgehead atoms. The first-order valence-electron chi connectivity index (χ1n) is 14.8. The molecular formula is C31H34F7NO6S. The van der Waals surface area contributed by atoms with E-state index >= 15 is 4.39 Å². The number of likely N-dealkylation sites (tertiary alicyclic amines) is 1. The molecule has 1 saturated heterocycles. The average molecular weight is 682 g/mol. The number of rotatable bonds is 5. The summed E-state index contributed by atoms with van der Waals surface area (Å²) in [6, 6.07) is 6.59. The van der Waals surface area contributed by atoms with E-state index in [-0.39, 0.29) is 61.1 Å². The van der Waals surface area contributed by atoms with E-state index in [9.17, 15) is 44.7 Å². The quantitative estimate of drug-likeness (QED) is 0.289. The summed E-state index contributed by atoms with van der Waals surface area (Å²) in [7, 11) is -4.43. The third-order valence-corrected chi connectivity index (χ3v) is 12.1. The monoisotopic (exact) mass is 681 g/mol. The fourth-order valence-corrected chi connectivity index (χ4v) is 9.57. The number of carboxylic acid groups (broad SMARTS) is 1. The van der Waals surface area contributed by atoms with Gasteiger partial charge in [-0.05, 0) is 67.3 Å². The highest BCUT2D eigenvalue weighted by atomic mass is 32.2. The minimum Gasteiger partial charge on any atom is -0.483 e. The predicted molar refractivity (Wildman–Crippen MR) is 151 cm³/mol. The van der Waals surface area contributed by atoms with Crippen LogP contribution >= 0.6 is 0 Å². The minimum atomic E-state index is -6.33. The molecule has 2 N–H and O–H groups in total. The van der Waals surface area contributed by atoms with E-state index in [1.807, 2.05) is 6.92 Å². The molecule has 2 aliphatic carbocycles. The van der Waals surface area contributed by atoms with E-state index in [4.69, 9.17) is 9.90 Å². The molecule has 1 saturated carbocycles. The Kier molecular flexibility index (Phi) is 9.64. The van der Waals surface area contributed by atoms with Gasteiger partial charge in [-0.2, -0.15) is 26.3 Å². The van der Waals surface area contributed by atoms with E-state index in [2.05, 4.69) is 0 Å². The van der Waals surface area contributed by atoms with Crippen LogP contribution in [0.1, 0.15) is 74.1 Å². The molecule has 1 aliphatic heterocycles. The summed E-state index contributed by atoms with van der Waals surface area (Å²) < 4.78 is 124. The molecule has 2 unspecified atom stereocenters. The van der Waals surface area contributed by atoms with E-state index in [0.29, 0.717) is 31.4 Å². The number of fused-ring (bicyclic) bond motifs is 3.